The fraction of sp³-hybridized carbons (Fsp3) is 0.259. The first-order chi connectivity index (χ1) is 16.7. The van der Waals surface area contributed by atoms with Gasteiger partial charge in [-0.1, -0.05) is 30.3 Å². The Balaban J connectivity index is 1.69. The zero-order valence-electron chi connectivity index (χ0n) is 18.8. The van der Waals surface area contributed by atoms with E-state index in [1.807, 2.05) is 0 Å². The normalized spacial score (nSPS) is 16.9. The van der Waals surface area contributed by atoms with Crippen LogP contribution in [0.25, 0.3) is 11.1 Å². The molecule has 2 atom stereocenters. The number of rotatable bonds is 8. The summed E-state index contributed by atoms with van der Waals surface area (Å²) in [6, 6.07) is 9.80. The van der Waals surface area contributed by atoms with Crippen LogP contribution in [-0.4, -0.2) is 6.61 Å². The molecule has 0 aliphatic heterocycles. The molecule has 1 aliphatic carbocycles. The second kappa shape index (κ2) is 9.68. The van der Waals surface area contributed by atoms with E-state index in [1.54, 1.807) is 13.0 Å². The molecule has 0 radical (unpaired) electrons. The lowest BCUT2D eigenvalue weighted by Gasteiger charge is -2.29. The molecule has 0 spiro atoms. The summed E-state index contributed by atoms with van der Waals surface area (Å²) in [6.45, 7) is 5.31. The van der Waals surface area contributed by atoms with Gasteiger partial charge in [0.1, 0.15) is 0 Å². The third-order valence-electron chi connectivity index (χ3n) is 5.85. The Hall–Kier alpha value is -3.42. The van der Waals surface area contributed by atoms with Crippen LogP contribution in [0.5, 0.6) is 11.5 Å². The summed E-state index contributed by atoms with van der Waals surface area (Å²) in [4.78, 5) is 0. The van der Waals surface area contributed by atoms with Crippen LogP contribution in [0.1, 0.15) is 47.9 Å². The molecule has 0 amide bonds. The summed E-state index contributed by atoms with van der Waals surface area (Å²) in [6.07, 6.45) is -6.15. The van der Waals surface area contributed by atoms with E-state index < -0.39 is 52.5 Å². The van der Waals surface area contributed by atoms with E-state index in [0.717, 1.165) is 29.8 Å². The van der Waals surface area contributed by atoms with Gasteiger partial charge in [0.2, 0.25) is 0 Å². The quantitative estimate of drug-likeness (QED) is 0.233. The van der Waals surface area contributed by atoms with Crippen molar-refractivity contribution in [3.05, 3.63) is 95.1 Å². The molecule has 2 nitrogen and oxygen atoms in total. The number of halogens is 6. The molecule has 184 valence electrons. The monoisotopic (exact) mass is 492 g/mol. The van der Waals surface area contributed by atoms with Crippen molar-refractivity contribution in [2.45, 2.75) is 38.2 Å². The first kappa shape index (κ1) is 24.7. The van der Waals surface area contributed by atoms with Gasteiger partial charge in [0.25, 0.3) is 0 Å². The molecule has 35 heavy (non-hydrogen) atoms. The lowest BCUT2D eigenvalue weighted by molar-refractivity contribution is -0.187. The van der Waals surface area contributed by atoms with Gasteiger partial charge >= 0.3 is 6.11 Å². The topological polar surface area (TPSA) is 18.5 Å². The first-order valence-corrected chi connectivity index (χ1v) is 11.0. The molecule has 0 fully saturated rings. The Bertz CT molecular complexity index is 1240. The van der Waals surface area contributed by atoms with Gasteiger partial charge in [-0.2, -0.15) is 8.78 Å². The molecule has 0 N–H and O–H groups in total. The second-order valence-corrected chi connectivity index (χ2v) is 8.06. The third-order valence-corrected chi connectivity index (χ3v) is 5.85. The Morgan fingerprint density at radius 2 is 1.40 bits per heavy atom. The predicted molar refractivity (Wildman–Crippen MR) is 120 cm³/mol. The Morgan fingerprint density at radius 3 is 1.94 bits per heavy atom. The van der Waals surface area contributed by atoms with Crippen LogP contribution < -0.4 is 9.47 Å². The third kappa shape index (κ3) is 4.49. The van der Waals surface area contributed by atoms with Crippen molar-refractivity contribution in [2.24, 2.45) is 0 Å². The van der Waals surface area contributed by atoms with E-state index >= 15 is 8.78 Å². The maximum Gasteiger partial charge on any atom is 0.426 e. The number of ether oxygens (including phenoxy) is 2. The fourth-order valence-electron chi connectivity index (χ4n) is 4.12. The van der Waals surface area contributed by atoms with Crippen molar-refractivity contribution in [3.63, 3.8) is 0 Å². The van der Waals surface area contributed by atoms with Crippen molar-refractivity contribution in [1.29, 1.82) is 0 Å². The number of benzene rings is 3. The minimum Gasteiger partial charge on any atom is -0.491 e. The van der Waals surface area contributed by atoms with Gasteiger partial charge in [-0.15, -0.1) is 6.58 Å². The molecule has 0 saturated heterocycles. The second-order valence-electron chi connectivity index (χ2n) is 8.06. The maximum absolute atomic E-state index is 15.2. The van der Waals surface area contributed by atoms with Crippen molar-refractivity contribution >= 4 is 0 Å². The number of alkyl halides is 4. The van der Waals surface area contributed by atoms with Crippen LogP contribution in [0.2, 0.25) is 0 Å². The van der Waals surface area contributed by atoms with Gasteiger partial charge in [-0.05, 0) is 60.7 Å². The van der Waals surface area contributed by atoms with Gasteiger partial charge in [-0.3, -0.25) is 0 Å². The summed E-state index contributed by atoms with van der Waals surface area (Å²) in [7, 11) is 0. The predicted octanol–water partition coefficient (Wildman–Crippen LogP) is 8.31. The molecule has 0 aromatic heterocycles. The largest absolute Gasteiger partial charge is 0.491 e. The Kier molecular flexibility index (Phi) is 6.83. The summed E-state index contributed by atoms with van der Waals surface area (Å²) >= 11 is 0. The number of allylic oxidation sites excluding steroid dienone is 1. The maximum atomic E-state index is 15.2. The average Bonchev–Trinajstić information content (AvgIpc) is 2.84. The van der Waals surface area contributed by atoms with Gasteiger partial charge in [-0.25, -0.2) is 17.6 Å². The summed E-state index contributed by atoms with van der Waals surface area (Å²) < 4.78 is 99.3. The van der Waals surface area contributed by atoms with E-state index in [-0.39, 0.29) is 23.5 Å². The summed E-state index contributed by atoms with van der Waals surface area (Å²) in [5.74, 6) is -3.77. The van der Waals surface area contributed by atoms with Crippen LogP contribution in [0.15, 0.2) is 61.2 Å². The highest BCUT2D eigenvalue weighted by atomic mass is 19.3. The standard InChI is InChI=1S/C27H22F6O2/c1-3-5-6-15-7-9-16(10-8-15)27(32,33)35-20-14-12-18-17-11-13-19(34-4-2)23(28)21(17)25(30)26(31)22(18)24(20)29/h3,7-14,25-26H,1,4-6H2,2H3. The molecule has 1 aliphatic rings. The first-order valence-electron chi connectivity index (χ1n) is 11.0. The van der Waals surface area contributed by atoms with E-state index in [0.29, 0.717) is 12.8 Å². The zero-order valence-corrected chi connectivity index (χ0v) is 18.8. The van der Waals surface area contributed by atoms with Crippen molar-refractivity contribution < 1.29 is 35.8 Å². The SMILES string of the molecule is C=CCCc1ccc(C(F)(F)Oc2ccc3c(c2F)C(F)C(F)c2c-3ccc(OCC)c2F)cc1. The molecule has 0 saturated carbocycles. The molecule has 2 unspecified atom stereocenters. The minimum absolute atomic E-state index is 0.0883. The highest BCUT2D eigenvalue weighted by Crippen LogP contribution is 2.52. The molecule has 0 heterocycles. The van der Waals surface area contributed by atoms with Gasteiger partial charge < -0.3 is 9.47 Å². The van der Waals surface area contributed by atoms with Crippen LogP contribution >= 0.6 is 0 Å². The molecule has 8 heteroatoms. The van der Waals surface area contributed by atoms with Crippen molar-refractivity contribution in [3.8, 4) is 22.6 Å². The Labute approximate surface area is 198 Å². The van der Waals surface area contributed by atoms with Gasteiger partial charge in [0, 0.05) is 11.1 Å². The molecule has 3 aromatic rings. The number of fused-ring (bicyclic) bond motifs is 3. The van der Waals surface area contributed by atoms with E-state index in [9.17, 15) is 17.6 Å². The highest BCUT2D eigenvalue weighted by Gasteiger charge is 2.42. The minimum atomic E-state index is -3.95. The zero-order chi connectivity index (χ0) is 25.3. The molecule has 4 rings (SSSR count). The van der Waals surface area contributed by atoms with Crippen molar-refractivity contribution in [2.75, 3.05) is 6.61 Å². The van der Waals surface area contributed by atoms with Gasteiger partial charge in [0.15, 0.2) is 35.5 Å². The van der Waals surface area contributed by atoms with Crippen LogP contribution in [0.4, 0.5) is 26.3 Å². The molecule has 3 aromatic carbocycles. The van der Waals surface area contributed by atoms with Crippen molar-refractivity contribution in [1.82, 2.24) is 0 Å². The molecular weight excluding hydrogens is 470 g/mol. The van der Waals surface area contributed by atoms with Gasteiger partial charge in [0.05, 0.1) is 12.2 Å². The average molecular weight is 492 g/mol. The highest BCUT2D eigenvalue weighted by molar-refractivity contribution is 5.76. The van der Waals surface area contributed by atoms with E-state index in [1.165, 1.54) is 24.3 Å². The molecule has 0 bridgehead atoms. The van der Waals surface area contributed by atoms with Crippen LogP contribution in [0.3, 0.4) is 0 Å². The summed E-state index contributed by atoms with van der Waals surface area (Å²) in [5.41, 5.74) is -1.38. The number of hydrogen-bond donors (Lipinski definition) is 0. The number of aryl methyl sites for hydroxylation is 1. The molecular formula is C27H22F6O2. The summed E-state index contributed by atoms with van der Waals surface area (Å²) in [5, 5.41) is 0. The van der Waals surface area contributed by atoms with E-state index in [2.05, 4.69) is 11.3 Å². The van der Waals surface area contributed by atoms with E-state index in [4.69, 9.17) is 4.74 Å². The lowest BCUT2D eigenvalue weighted by atomic mass is 9.82. The fourth-order valence-corrected chi connectivity index (χ4v) is 4.12. The lowest BCUT2D eigenvalue weighted by Crippen LogP contribution is -2.23. The van der Waals surface area contributed by atoms with Crippen LogP contribution in [0, 0.1) is 11.6 Å². The van der Waals surface area contributed by atoms with Crippen LogP contribution in [-0.2, 0) is 12.5 Å². The number of hydrogen-bond acceptors (Lipinski definition) is 2. The smallest absolute Gasteiger partial charge is 0.426 e. The Morgan fingerprint density at radius 1 is 0.857 bits per heavy atom.